The molecular weight excluding hydrogens is 312 g/mol. The standard InChI is InChI=1S/C18H18O2S2/c1-5-15(19-9-17-11-21-17)6-2-13(1)14-3-7-16(8-4-14)20-10-18-12-22-18/h1-8,17-18H,9-12H2. The van der Waals surface area contributed by atoms with Crippen LogP contribution in [0.4, 0.5) is 0 Å². The van der Waals surface area contributed by atoms with Crippen LogP contribution in [0, 0.1) is 0 Å². The van der Waals surface area contributed by atoms with E-state index in [1.165, 1.54) is 22.6 Å². The zero-order chi connectivity index (χ0) is 14.8. The van der Waals surface area contributed by atoms with Gasteiger partial charge in [-0.3, -0.25) is 0 Å². The van der Waals surface area contributed by atoms with Gasteiger partial charge < -0.3 is 9.47 Å². The maximum atomic E-state index is 5.76. The van der Waals surface area contributed by atoms with Crippen molar-refractivity contribution in [1.82, 2.24) is 0 Å². The average molecular weight is 330 g/mol. The van der Waals surface area contributed by atoms with E-state index >= 15 is 0 Å². The van der Waals surface area contributed by atoms with Gasteiger partial charge in [-0.1, -0.05) is 24.3 Å². The molecule has 2 saturated heterocycles. The van der Waals surface area contributed by atoms with Crippen LogP contribution in [0.2, 0.25) is 0 Å². The molecule has 2 aliphatic rings. The predicted molar refractivity (Wildman–Crippen MR) is 95.4 cm³/mol. The second kappa shape index (κ2) is 6.47. The van der Waals surface area contributed by atoms with Crippen molar-refractivity contribution in [2.75, 3.05) is 24.7 Å². The van der Waals surface area contributed by atoms with E-state index in [2.05, 4.69) is 48.5 Å². The fourth-order valence-electron chi connectivity index (χ4n) is 2.19. The molecule has 0 amide bonds. The minimum absolute atomic E-state index is 0.709. The summed E-state index contributed by atoms with van der Waals surface area (Å²) in [6.45, 7) is 1.66. The van der Waals surface area contributed by atoms with Gasteiger partial charge in [-0.05, 0) is 35.4 Å². The minimum Gasteiger partial charge on any atom is -0.492 e. The van der Waals surface area contributed by atoms with Crippen LogP contribution in [0.15, 0.2) is 48.5 Å². The van der Waals surface area contributed by atoms with Crippen LogP contribution in [0.1, 0.15) is 0 Å². The third-order valence-electron chi connectivity index (χ3n) is 3.72. The number of hydrogen-bond acceptors (Lipinski definition) is 4. The summed E-state index contributed by atoms with van der Waals surface area (Å²) >= 11 is 3.92. The SMILES string of the molecule is c1cc(-c2ccc(OCC3CS3)cc2)ccc1OCC1CS1. The van der Waals surface area contributed by atoms with E-state index in [1.54, 1.807) is 0 Å². The van der Waals surface area contributed by atoms with Crippen LogP contribution in [0.25, 0.3) is 11.1 Å². The molecule has 2 heterocycles. The van der Waals surface area contributed by atoms with Gasteiger partial charge in [0.15, 0.2) is 0 Å². The molecule has 4 rings (SSSR count). The normalized spacial score (nSPS) is 22.2. The Hall–Kier alpha value is -1.26. The zero-order valence-corrected chi connectivity index (χ0v) is 13.9. The summed E-state index contributed by atoms with van der Waals surface area (Å²) in [6, 6.07) is 16.7. The lowest BCUT2D eigenvalue weighted by Gasteiger charge is -2.08. The molecule has 114 valence electrons. The summed E-state index contributed by atoms with van der Waals surface area (Å²) in [7, 11) is 0. The number of thioether (sulfide) groups is 2. The van der Waals surface area contributed by atoms with E-state index < -0.39 is 0 Å². The highest BCUT2D eigenvalue weighted by atomic mass is 32.2. The van der Waals surface area contributed by atoms with Crippen LogP contribution < -0.4 is 9.47 Å². The van der Waals surface area contributed by atoms with Crippen molar-refractivity contribution in [1.29, 1.82) is 0 Å². The Kier molecular flexibility index (Phi) is 4.22. The van der Waals surface area contributed by atoms with E-state index in [1.807, 2.05) is 23.5 Å². The molecule has 2 unspecified atom stereocenters. The molecule has 0 spiro atoms. The molecule has 2 aromatic carbocycles. The van der Waals surface area contributed by atoms with E-state index in [-0.39, 0.29) is 0 Å². The van der Waals surface area contributed by atoms with Crippen molar-refractivity contribution in [3.8, 4) is 22.6 Å². The monoisotopic (exact) mass is 330 g/mol. The van der Waals surface area contributed by atoms with E-state index in [0.717, 1.165) is 24.7 Å². The molecular formula is C18H18O2S2. The second-order valence-electron chi connectivity index (χ2n) is 5.58. The molecule has 2 aliphatic heterocycles. The third kappa shape index (κ3) is 3.93. The number of hydrogen-bond donors (Lipinski definition) is 0. The van der Waals surface area contributed by atoms with Crippen LogP contribution in [0.3, 0.4) is 0 Å². The van der Waals surface area contributed by atoms with Crippen molar-refractivity contribution in [2.24, 2.45) is 0 Å². The molecule has 2 nitrogen and oxygen atoms in total. The topological polar surface area (TPSA) is 18.5 Å². The smallest absolute Gasteiger partial charge is 0.119 e. The molecule has 2 fully saturated rings. The Balaban J connectivity index is 1.37. The van der Waals surface area contributed by atoms with Gasteiger partial charge in [0.05, 0.1) is 0 Å². The molecule has 0 aliphatic carbocycles. The molecule has 2 atom stereocenters. The third-order valence-corrected chi connectivity index (χ3v) is 5.60. The highest BCUT2D eigenvalue weighted by Crippen LogP contribution is 2.32. The van der Waals surface area contributed by atoms with Gasteiger partial charge in [0.1, 0.15) is 24.7 Å². The van der Waals surface area contributed by atoms with Crippen LogP contribution in [0.5, 0.6) is 11.5 Å². The van der Waals surface area contributed by atoms with Crippen molar-refractivity contribution >= 4 is 23.5 Å². The molecule has 0 saturated carbocycles. The fourth-order valence-corrected chi connectivity index (χ4v) is 2.99. The lowest BCUT2D eigenvalue weighted by Crippen LogP contribution is -2.02. The van der Waals surface area contributed by atoms with Crippen LogP contribution in [-0.4, -0.2) is 35.2 Å². The largest absolute Gasteiger partial charge is 0.492 e. The highest BCUT2D eigenvalue weighted by molar-refractivity contribution is 8.07. The summed E-state index contributed by atoms with van der Waals surface area (Å²) in [5.74, 6) is 4.40. The van der Waals surface area contributed by atoms with E-state index in [0.29, 0.717) is 10.5 Å². The first kappa shape index (κ1) is 14.3. The quantitative estimate of drug-likeness (QED) is 0.703. The molecule has 0 N–H and O–H groups in total. The molecule has 2 aromatic rings. The van der Waals surface area contributed by atoms with Gasteiger partial charge in [-0.15, -0.1) is 0 Å². The fraction of sp³-hybridized carbons (Fsp3) is 0.333. The van der Waals surface area contributed by atoms with Crippen molar-refractivity contribution in [3.63, 3.8) is 0 Å². The Morgan fingerprint density at radius 3 is 1.36 bits per heavy atom. The van der Waals surface area contributed by atoms with E-state index in [4.69, 9.17) is 9.47 Å². The minimum atomic E-state index is 0.709. The maximum absolute atomic E-state index is 5.76. The van der Waals surface area contributed by atoms with E-state index in [9.17, 15) is 0 Å². The van der Waals surface area contributed by atoms with Crippen molar-refractivity contribution < 1.29 is 9.47 Å². The Labute approximate surface area is 139 Å². The lowest BCUT2D eigenvalue weighted by molar-refractivity contribution is 0.329. The van der Waals surface area contributed by atoms with Crippen LogP contribution >= 0.6 is 23.5 Å². The Bertz CT molecular complexity index is 559. The first-order valence-electron chi connectivity index (χ1n) is 7.56. The summed E-state index contributed by atoms with van der Waals surface area (Å²) in [4.78, 5) is 0. The Morgan fingerprint density at radius 2 is 1.05 bits per heavy atom. The molecule has 4 heteroatoms. The van der Waals surface area contributed by atoms with Gasteiger partial charge in [-0.2, -0.15) is 23.5 Å². The predicted octanol–water partition coefficient (Wildman–Crippen LogP) is 4.34. The summed E-state index contributed by atoms with van der Waals surface area (Å²) in [5, 5.41) is 1.42. The lowest BCUT2D eigenvalue weighted by atomic mass is 10.1. The summed E-state index contributed by atoms with van der Waals surface area (Å²) in [5.41, 5.74) is 2.41. The number of benzene rings is 2. The van der Waals surface area contributed by atoms with Gasteiger partial charge >= 0.3 is 0 Å². The first-order chi connectivity index (χ1) is 10.9. The van der Waals surface area contributed by atoms with Crippen molar-refractivity contribution in [3.05, 3.63) is 48.5 Å². The molecule has 22 heavy (non-hydrogen) atoms. The molecule has 0 radical (unpaired) electrons. The Morgan fingerprint density at radius 1 is 0.682 bits per heavy atom. The van der Waals surface area contributed by atoms with Gasteiger partial charge in [0, 0.05) is 22.0 Å². The van der Waals surface area contributed by atoms with Crippen LogP contribution in [-0.2, 0) is 0 Å². The highest BCUT2D eigenvalue weighted by Gasteiger charge is 2.23. The average Bonchev–Trinajstić information content (AvgIpc) is 3.47. The molecule has 0 aromatic heterocycles. The number of rotatable bonds is 7. The summed E-state index contributed by atoms with van der Waals surface area (Å²) in [6.07, 6.45) is 0. The zero-order valence-electron chi connectivity index (χ0n) is 12.2. The number of ether oxygens (including phenoxy) is 2. The molecule has 0 bridgehead atoms. The maximum Gasteiger partial charge on any atom is 0.119 e. The van der Waals surface area contributed by atoms with Gasteiger partial charge in [0.2, 0.25) is 0 Å². The second-order valence-corrected chi connectivity index (χ2v) is 8.25. The van der Waals surface area contributed by atoms with Gasteiger partial charge in [-0.25, -0.2) is 0 Å². The van der Waals surface area contributed by atoms with Gasteiger partial charge in [0.25, 0.3) is 0 Å². The summed E-state index contributed by atoms with van der Waals surface area (Å²) < 4.78 is 11.5. The van der Waals surface area contributed by atoms with Crippen molar-refractivity contribution in [2.45, 2.75) is 10.5 Å². The first-order valence-corrected chi connectivity index (χ1v) is 9.66.